The number of ether oxygens (including phenoxy) is 2. The highest BCUT2D eigenvalue weighted by Crippen LogP contribution is 2.31. The Bertz CT molecular complexity index is 826. The van der Waals surface area contributed by atoms with Gasteiger partial charge in [0.25, 0.3) is 0 Å². The van der Waals surface area contributed by atoms with Gasteiger partial charge in [-0.3, -0.25) is 9.79 Å². The lowest BCUT2D eigenvalue weighted by Gasteiger charge is -2.04. The zero-order valence-corrected chi connectivity index (χ0v) is 14.3. The zero-order chi connectivity index (χ0) is 17.6. The van der Waals surface area contributed by atoms with Crippen molar-refractivity contribution in [1.29, 1.82) is 0 Å². The van der Waals surface area contributed by atoms with Crippen LogP contribution in [0.1, 0.15) is 25.0 Å². The van der Waals surface area contributed by atoms with Crippen LogP contribution in [0.15, 0.2) is 46.7 Å². The van der Waals surface area contributed by atoms with Crippen LogP contribution in [0.4, 0.5) is 0 Å². The van der Waals surface area contributed by atoms with Crippen molar-refractivity contribution >= 4 is 18.3 Å². The van der Waals surface area contributed by atoms with Gasteiger partial charge in [-0.25, -0.2) is 0 Å². The van der Waals surface area contributed by atoms with Crippen LogP contribution in [0.5, 0.6) is 5.75 Å². The summed E-state index contributed by atoms with van der Waals surface area (Å²) in [4.78, 5) is 22.2. The van der Waals surface area contributed by atoms with Gasteiger partial charge in [-0.15, -0.1) is 0 Å². The standard InChI is InChI=1S/C19H21N3O3/c1-24-18-12-16(14-6-4-9-20-14)22-17(18)11-15-13(8-10-21-15)5-3-7-19(23)25-2/h4,6,8-12,20,22H,3,5,7H2,1-2H3/b15-11-. The van der Waals surface area contributed by atoms with E-state index in [1.54, 1.807) is 13.3 Å². The highest BCUT2D eigenvalue weighted by Gasteiger charge is 2.14. The normalized spacial score (nSPS) is 14.8. The predicted octanol–water partition coefficient (Wildman–Crippen LogP) is 3.71. The van der Waals surface area contributed by atoms with Crippen LogP contribution in [-0.4, -0.2) is 36.4 Å². The number of hydrogen-bond donors (Lipinski definition) is 2. The van der Waals surface area contributed by atoms with Crippen molar-refractivity contribution < 1.29 is 14.3 Å². The number of H-pyrrole nitrogens is 2. The summed E-state index contributed by atoms with van der Waals surface area (Å²) in [7, 11) is 3.06. The number of aromatic nitrogens is 2. The maximum Gasteiger partial charge on any atom is 0.305 e. The molecule has 0 aromatic carbocycles. The molecule has 0 bridgehead atoms. The lowest BCUT2D eigenvalue weighted by molar-refractivity contribution is -0.140. The molecule has 0 radical (unpaired) electrons. The van der Waals surface area contributed by atoms with Crippen LogP contribution in [0.25, 0.3) is 17.5 Å². The number of carbonyl (C=O) groups is 1. The summed E-state index contributed by atoms with van der Waals surface area (Å²) in [5, 5.41) is 0. The first kappa shape index (κ1) is 16.8. The van der Waals surface area contributed by atoms with Gasteiger partial charge in [0.05, 0.1) is 37.0 Å². The number of methoxy groups -OCH3 is 2. The molecule has 1 aliphatic rings. The van der Waals surface area contributed by atoms with Gasteiger partial charge in [0.1, 0.15) is 5.75 Å². The number of nitrogens with zero attached hydrogens (tertiary/aromatic N) is 1. The van der Waals surface area contributed by atoms with Gasteiger partial charge in [-0.1, -0.05) is 0 Å². The third-order valence-corrected chi connectivity index (χ3v) is 4.07. The van der Waals surface area contributed by atoms with Gasteiger partial charge in [0.2, 0.25) is 0 Å². The minimum Gasteiger partial charge on any atom is -0.494 e. The fourth-order valence-corrected chi connectivity index (χ4v) is 2.75. The van der Waals surface area contributed by atoms with Gasteiger partial charge in [0, 0.05) is 24.9 Å². The molecule has 0 aliphatic carbocycles. The van der Waals surface area contributed by atoms with E-state index in [0.717, 1.165) is 46.9 Å². The molecule has 0 saturated heterocycles. The molecule has 0 amide bonds. The van der Waals surface area contributed by atoms with Crippen LogP contribution < -0.4 is 4.74 Å². The number of nitrogens with one attached hydrogen (secondary N) is 2. The molecule has 130 valence electrons. The molecular weight excluding hydrogens is 318 g/mol. The van der Waals surface area contributed by atoms with Gasteiger partial charge < -0.3 is 19.4 Å². The molecule has 0 unspecified atom stereocenters. The second kappa shape index (κ2) is 7.70. The maximum atomic E-state index is 11.2. The SMILES string of the molecule is COC(=O)CCCC1=CC=N/C1=C\c1[nH]c(-c2ccc[nH]2)cc1OC. The summed E-state index contributed by atoms with van der Waals surface area (Å²) >= 11 is 0. The topological polar surface area (TPSA) is 79.5 Å². The fourth-order valence-electron chi connectivity index (χ4n) is 2.75. The molecule has 3 rings (SSSR count). The second-order valence-corrected chi connectivity index (χ2v) is 5.68. The first-order valence-corrected chi connectivity index (χ1v) is 8.14. The van der Waals surface area contributed by atoms with Crippen molar-refractivity contribution in [3.8, 4) is 17.1 Å². The first-order valence-electron chi connectivity index (χ1n) is 8.14. The molecule has 6 nitrogen and oxygen atoms in total. The fraction of sp³-hybridized carbons (Fsp3) is 0.263. The number of aliphatic imine (C=N–C) groups is 1. The van der Waals surface area contributed by atoms with Crippen molar-refractivity contribution in [3.63, 3.8) is 0 Å². The monoisotopic (exact) mass is 339 g/mol. The highest BCUT2D eigenvalue weighted by atomic mass is 16.5. The van der Waals surface area contributed by atoms with Crippen LogP contribution in [-0.2, 0) is 9.53 Å². The zero-order valence-electron chi connectivity index (χ0n) is 14.3. The highest BCUT2D eigenvalue weighted by molar-refractivity contribution is 5.82. The van der Waals surface area contributed by atoms with Gasteiger partial charge in [-0.05, 0) is 42.7 Å². The number of esters is 1. The van der Waals surface area contributed by atoms with Crippen molar-refractivity contribution in [1.82, 2.24) is 9.97 Å². The largest absolute Gasteiger partial charge is 0.494 e. The molecule has 2 N–H and O–H groups in total. The smallest absolute Gasteiger partial charge is 0.305 e. The van der Waals surface area contributed by atoms with E-state index >= 15 is 0 Å². The van der Waals surface area contributed by atoms with Crippen LogP contribution in [0, 0.1) is 0 Å². The number of carbonyl (C=O) groups excluding carboxylic acids is 1. The molecule has 6 heteroatoms. The molecule has 0 spiro atoms. The van der Waals surface area contributed by atoms with Crippen LogP contribution >= 0.6 is 0 Å². The summed E-state index contributed by atoms with van der Waals surface area (Å²) in [6.07, 6.45) is 9.51. The Labute approximate surface area is 146 Å². The third-order valence-electron chi connectivity index (χ3n) is 4.07. The van der Waals surface area contributed by atoms with Crippen molar-refractivity contribution in [2.24, 2.45) is 4.99 Å². The number of hydrogen-bond acceptors (Lipinski definition) is 4. The first-order chi connectivity index (χ1) is 12.2. The van der Waals surface area contributed by atoms with Gasteiger partial charge >= 0.3 is 5.97 Å². The van der Waals surface area contributed by atoms with E-state index in [9.17, 15) is 4.79 Å². The lowest BCUT2D eigenvalue weighted by Crippen LogP contribution is -1.99. The quantitative estimate of drug-likeness (QED) is 0.755. The molecule has 1 aliphatic heterocycles. The Morgan fingerprint density at radius 2 is 2.20 bits per heavy atom. The molecular formula is C19H21N3O3. The van der Waals surface area contributed by atoms with Crippen molar-refractivity contribution in [3.05, 3.63) is 47.4 Å². The summed E-state index contributed by atoms with van der Waals surface area (Å²) < 4.78 is 10.2. The van der Waals surface area contributed by atoms with Crippen molar-refractivity contribution in [2.75, 3.05) is 14.2 Å². The molecule has 2 aromatic heterocycles. The molecule has 0 saturated carbocycles. The third kappa shape index (κ3) is 3.91. The number of aromatic amines is 2. The lowest BCUT2D eigenvalue weighted by atomic mass is 10.1. The number of rotatable bonds is 7. The molecule has 0 atom stereocenters. The van der Waals surface area contributed by atoms with E-state index in [4.69, 9.17) is 4.74 Å². The Balaban J connectivity index is 1.76. The average molecular weight is 339 g/mol. The van der Waals surface area contributed by atoms with E-state index < -0.39 is 0 Å². The molecule has 0 fully saturated rings. The van der Waals surface area contributed by atoms with Gasteiger partial charge in [0.15, 0.2) is 0 Å². The van der Waals surface area contributed by atoms with Crippen LogP contribution in [0.3, 0.4) is 0 Å². The van der Waals surface area contributed by atoms with Gasteiger partial charge in [-0.2, -0.15) is 0 Å². The maximum absolute atomic E-state index is 11.2. The summed E-state index contributed by atoms with van der Waals surface area (Å²) in [6, 6.07) is 5.90. The molecule has 3 heterocycles. The summed E-state index contributed by atoms with van der Waals surface area (Å²) in [5.41, 5.74) is 4.78. The van der Waals surface area contributed by atoms with E-state index in [-0.39, 0.29) is 5.97 Å². The number of allylic oxidation sites excluding steroid dienone is 2. The van der Waals surface area contributed by atoms with E-state index in [1.165, 1.54) is 7.11 Å². The van der Waals surface area contributed by atoms with E-state index in [0.29, 0.717) is 6.42 Å². The minimum absolute atomic E-state index is 0.188. The average Bonchev–Trinajstić information content (AvgIpc) is 3.35. The summed E-state index contributed by atoms with van der Waals surface area (Å²) in [5.74, 6) is 0.569. The summed E-state index contributed by atoms with van der Waals surface area (Å²) in [6.45, 7) is 0. The Morgan fingerprint density at radius 3 is 2.92 bits per heavy atom. The predicted molar refractivity (Wildman–Crippen MR) is 97.6 cm³/mol. The van der Waals surface area contributed by atoms with Crippen LogP contribution in [0.2, 0.25) is 0 Å². The Morgan fingerprint density at radius 1 is 1.32 bits per heavy atom. The molecule has 2 aromatic rings. The second-order valence-electron chi connectivity index (χ2n) is 5.68. The van der Waals surface area contributed by atoms with E-state index in [2.05, 4.69) is 19.7 Å². The Hall–Kier alpha value is -3.02. The van der Waals surface area contributed by atoms with E-state index in [1.807, 2.05) is 36.5 Å². The minimum atomic E-state index is -0.188. The Kier molecular flexibility index (Phi) is 5.18. The van der Waals surface area contributed by atoms with Crippen molar-refractivity contribution in [2.45, 2.75) is 19.3 Å². The molecule has 25 heavy (non-hydrogen) atoms.